The molecular weight excluding hydrogens is 418 g/mol. The lowest BCUT2D eigenvalue weighted by Crippen LogP contribution is -2.30. The van der Waals surface area contributed by atoms with E-state index in [0.29, 0.717) is 6.54 Å². The maximum atomic E-state index is 13.2. The highest BCUT2D eigenvalue weighted by Crippen LogP contribution is 2.26. The Balaban J connectivity index is 1.56. The van der Waals surface area contributed by atoms with Crippen LogP contribution < -0.4 is 10.2 Å². The van der Waals surface area contributed by atoms with Gasteiger partial charge in [-0.25, -0.2) is 0 Å². The highest BCUT2D eigenvalue weighted by atomic mass is 16.1. The van der Waals surface area contributed by atoms with Crippen LogP contribution in [-0.2, 0) is 24.2 Å². The first-order valence-corrected chi connectivity index (χ1v) is 12.1. The number of aryl methyl sites for hydroxylation is 2. The van der Waals surface area contributed by atoms with Crippen LogP contribution in [-0.4, -0.2) is 5.91 Å². The number of amides is 1. The van der Waals surface area contributed by atoms with E-state index in [1.807, 2.05) is 65.6 Å². The van der Waals surface area contributed by atoms with Crippen molar-refractivity contribution < 1.29 is 4.79 Å². The number of para-hydroxylation sites is 1. The van der Waals surface area contributed by atoms with Gasteiger partial charge in [0.25, 0.3) is 5.91 Å². The second-order valence-electron chi connectivity index (χ2n) is 8.77. The predicted molar refractivity (Wildman–Crippen MR) is 137 cm³/mol. The van der Waals surface area contributed by atoms with E-state index in [2.05, 4.69) is 36.5 Å². The molecule has 0 bridgehead atoms. The molecule has 172 valence electrons. The first-order chi connectivity index (χ1) is 16.7. The van der Waals surface area contributed by atoms with Crippen molar-refractivity contribution in [3.05, 3.63) is 113 Å². The normalized spacial score (nSPS) is 13.9. The molecule has 0 fully saturated rings. The summed E-state index contributed by atoms with van der Waals surface area (Å²) in [5.41, 5.74) is 6.04. The molecule has 1 amide bonds. The molecule has 4 heteroatoms. The molecule has 4 nitrogen and oxygen atoms in total. The van der Waals surface area contributed by atoms with Crippen LogP contribution in [0.15, 0.2) is 90.6 Å². The lowest BCUT2D eigenvalue weighted by molar-refractivity contribution is -0.117. The lowest BCUT2D eigenvalue weighted by atomic mass is 9.88. The Morgan fingerprint density at radius 3 is 2.35 bits per heavy atom. The minimum atomic E-state index is -0.346. The number of hydrogen-bond acceptors (Lipinski definition) is 3. The van der Waals surface area contributed by atoms with Crippen LogP contribution >= 0.6 is 0 Å². The van der Waals surface area contributed by atoms with Gasteiger partial charge in [0.05, 0.1) is 6.04 Å². The van der Waals surface area contributed by atoms with Crippen molar-refractivity contribution >= 4 is 11.6 Å². The van der Waals surface area contributed by atoms with Gasteiger partial charge in [0, 0.05) is 18.4 Å². The van der Waals surface area contributed by atoms with Crippen molar-refractivity contribution in [1.29, 1.82) is 5.26 Å². The molecule has 1 aliphatic carbocycles. The fourth-order valence-corrected chi connectivity index (χ4v) is 4.53. The average molecular weight is 450 g/mol. The number of benzene rings is 3. The van der Waals surface area contributed by atoms with Crippen LogP contribution in [0.2, 0.25) is 0 Å². The summed E-state index contributed by atoms with van der Waals surface area (Å²) >= 11 is 0. The molecule has 1 N–H and O–H groups in total. The number of nitriles is 1. The Morgan fingerprint density at radius 2 is 1.68 bits per heavy atom. The Labute approximate surface area is 202 Å². The van der Waals surface area contributed by atoms with E-state index < -0.39 is 0 Å². The smallest absolute Gasteiger partial charge is 0.263 e. The Hall–Kier alpha value is -3.84. The molecule has 4 rings (SSSR count). The van der Waals surface area contributed by atoms with E-state index >= 15 is 0 Å². The van der Waals surface area contributed by atoms with Crippen molar-refractivity contribution in [2.75, 3.05) is 4.90 Å². The Kier molecular flexibility index (Phi) is 7.78. The number of carbonyl (C=O) groups is 1. The second-order valence-corrected chi connectivity index (χ2v) is 8.77. The Morgan fingerprint density at radius 1 is 1.00 bits per heavy atom. The molecule has 0 aromatic heterocycles. The van der Waals surface area contributed by atoms with Crippen molar-refractivity contribution in [1.82, 2.24) is 5.32 Å². The molecule has 1 unspecified atom stereocenters. The molecule has 1 atom stereocenters. The van der Waals surface area contributed by atoms with E-state index in [1.54, 1.807) is 6.20 Å². The third-order valence-electron chi connectivity index (χ3n) is 6.42. The molecule has 3 aromatic carbocycles. The number of nitrogens with zero attached hydrogens (tertiary/aromatic N) is 2. The van der Waals surface area contributed by atoms with E-state index in [9.17, 15) is 10.1 Å². The fraction of sp³-hybridized carbons (Fsp3) is 0.267. The lowest BCUT2D eigenvalue weighted by Gasteiger charge is -2.23. The summed E-state index contributed by atoms with van der Waals surface area (Å²) in [7, 11) is 0. The minimum Gasteiger partial charge on any atom is -0.345 e. The van der Waals surface area contributed by atoms with Gasteiger partial charge in [-0.2, -0.15) is 5.26 Å². The average Bonchev–Trinajstić information content (AvgIpc) is 2.90. The molecule has 3 aromatic rings. The van der Waals surface area contributed by atoms with Crippen molar-refractivity contribution in [3.63, 3.8) is 0 Å². The van der Waals surface area contributed by atoms with Crippen LogP contribution in [0.5, 0.6) is 0 Å². The zero-order chi connectivity index (χ0) is 23.8. The van der Waals surface area contributed by atoms with E-state index in [-0.39, 0.29) is 17.5 Å². The number of nitrogens with one attached hydrogen (secondary N) is 1. The number of anilines is 1. The van der Waals surface area contributed by atoms with Crippen LogP contribution in [0.25, 0.3) is 0 Å². The Bertz CT molecular complexity index is 1180. The van der Waals surface area contributed by atoms with Crippen molar-refractivity contribution in [2.45, 2.75) is 51.6 Å². The molecule has 34 heavy (non-hydrogen) atoms. The van der Waals surface area contributed by atoms with Gasteiger partial charge in [-0.1, -0.05) is 73.7 Å². The highest BCUT2D eigenvalue weighted by Gasteiger charge is 2.19. The molecule has 0 spiro atoms. The summed E-state index contributed by atoms with van der Waals surface area (Å²) in [6.07, 6.45) is 7.13. The zero-order valence-electron chi connectivity index (χ0n) is 19.7. The van der Waals surface area contributed by atoms with Crippen LogP contribution in [0.3, 0.4) is 0 Å². The zero-order valence-corrected chi connectivity index (χ0v) is 19.7. The molecule has 0 saturated carbocycles. The van der Waals surface area contributed by atoms with Gasteiger partial charge in [-0.05, 0) is 66.5 Å². The van der Waals surface area contributed by atoms with E-state index in [4.69, 9.17) is 0 Å². The summed E-state index contributed by atoms with van der Waals surface area (Å²) in [5.74, 6) is -0.346. The number of hydrogen-bond donors (Lipinski definition) is 1. The van der Waals surface area contributed by atoms with E-state index in [1.165, 1.54) is 24.0 Å². The molecule has 0 saturated heterocycles. The summed E-state index contributed by atoms with van der Waals surface area (Å²) in [5, 5.41) is 13.0. The molecule has 0 aliphatic heterocycles. The summed E-state index contributed by atoms with van der Waals surface area (Å²) in [6, 6.07) is 28.4. The summed E-state index contributed by atoms with van der Waals surface area (Å²) in [6.45, 7) is 2.62. The molecule has 0 heterocycles. The van der Waals surface area contributed by atoms with E-state index in [0.717, 1.165) is 36.1 Å². The number of rotatable bonds is 8. The number of carbonyl (C=O) groups excluding carboxylic acids is 1. The predicted octanol–water partition coefficient (Wildman–Crippen LogP) is 6.25. The van der Waals surface area contributed by atoms with Crippen LogP contribution in [0.4, 0.5) is 5.69 Å². The first kappa shape index (κ1) is 23.3. The summed E-state index contributed by atoms with van der Waals surface area (Å²) in [4.78, 5) is 15.1. The van der Waals surface area contributed by atoms with Crippen LogP contribution in [0, 0.1) is 11.3 Å². The summed E-state index contributed by atoms with van der Waals surface area (Å²) < 4.78 is 0. The van der Waals surface area contributed by atoms with Gasteiger partial charge in [-0.15, -0.1) is 0 Å². The second kappa shape index (κ2) is 11.3. The topological polar surface area (TPSA) is 56.1 Å². The molecular formula is C30H31N3O. The maximum Gasteiger partial charge on any atom is 0.263 e. The monoisotopic (exact) mass is 449 g/mol. The standard InChI is InChI=1S/C30H31N3O/c1-2-29(26-18-17-24-13-9-10-14-25(24)19-26)32-30(34)27(20-31)22-33(28-15-7-4-8-16-28)21-23-11-5-3-6-12-23/h3-8,11-12,15-19,22,29H,2,9-10,13-14,21H2,1H3,(H,32,34)/b27-22-. The van der Waals surface area contributed by atoms with Crippen molar-refractivity contribution in [3.8, 4) is 6.07 Å². The van der Waals surface area contributed by atoms with Gasteiger partial charge in [0.2, 0.25) is 0 Å². The first-order valence-electron chi connectivity index (χ1n) is 12.1. The van der Waals surface area contributed by atoms with Gasteiger partial charge < -0.3 is 10.2 Å². The third kappa shape index (κ3) is 5.74. The maximum absolute atomic E-state index is 13.2. The minimum absolute atomic E-state index is 0.0937. The van der Waals surface area contributed by atoms with Gasteiger partial charge in [0.15, 0.2) is 0 Å². The van der Waals surface area contributed by atoms with Gasteiger partial charge in [0.1, 0.15) is 11.6 Å². The van der Waals surface area contributed by atoms with Gasteiger partial charge >= 0.3 is 0 Å². The highest BCUT2D eigenvalue weighted by molar-refractivity contribution is 5.97. The van der Waals surface area contributed by atoms with Crippen molar-refractivity contribution in [2.24, 2.45) is 0 Å². The largest absolute Gasteiger partial charge is 0.345 e. The fourth-order valence-electron chi connectivity index (χ4n) is 4.53. The van der Waals surface area contributed by atoms with Gasteiger partial charge in [-0.3, -0.25) is 4.79 Å². The molecule has 0 radical (unpaired) electrons. The SMILES string of the molecule is CCC(NC(=O)/C(C#N)=C\N(Cc1ccccc1)c1ccccc1)c1ccc2c(c1)CCCC2. The van der Waals surface area contributed by atoms with Crippen LogP contribution in [0.1, 0.15) is 54.5 Å². The molecule has 1 aliphatic rings. The number of fused-ring (bicyclic) bond motifs is 1. The third-order valence-corrected chi connectivity index (χ3v) is 6.42. The quantitative estimate of drug-likeness (QED) is 0.327.